The van der Waals surface area contributed by atoms with Gasteiger partial charge in [0.15, 0.2) is 0 Å². The molecular weight excluding hydrogens is 507 g/mol. The van der Waals surface area contributed by atoms with Crippen LogP contribution in [0.4, 0.5) is 4.39 Å². The Hall–Kier alpha value is -2.67. The Labute approximate surface area is 223 Å². The van der Waals surface area contributed by atoms with Gasteiger partial charge in [-0.3, -0.25) is 0 Å². The fraction of sp³-hybridized carbons (Fsp3) is 0.333. The summed E-state index contributed by atoms with van der Waals surface area (Å²) in [5.74, 6) is -0.0964. The van der Waals surface area contributed by atoms with Gasteiger partial charge in [0.2, 0.25) is 10.0 Å². The van der Waals surface area contributed by atoms with E-state index in [-0.39, 0.29) is 11.7 Å². The molecule has 2 heterocycles. The first kappa shape index (κ1) is 26.0. The second kappa shape index (κ2) is 9.90. The molecule has 0 radical (unpaired) electrons. The van der Waals surface area contributed by atoms with Crippen LogP contribution >= 0.6 is 11.6 Å². The van der Waals surface area contributed by atoms with Gasteiger partial charge in [-0.15, -0.1) is 0 Å². The molecular formula is C30H32ClFN2O2S. The Morgan fingerprint density at radius 2 is 1.59 bits per heavy atom. The number of nitrogens with zero attached hydrogens (tertiary/aromatic N) is 2. The van der Waals surface area contributed by atoms with E-state index in [1.54, 1.807) is 22.5 Å². The number of para-hydroxylation sites is 1. The maximum absolute atomic E-state index is 14.6. The van der Waals surface area contributed by atoms with E-state index in [1.165, 1.54) is 11.6 Å². The minimum absolute atomic E-state index is 0.217. The van der Waals surface area contributed by atoms with Crippen LogP contribution in [0.25, 0.3) is 10.9 Å². The number of sulfonamides is 1. The summed E-state index contributed by atoms with van der Waals surface area (Å²) < 4.78 is 45.5. The number of hydrogen-bond acceptors (Lipinski definition) is 2. The predicted octanol–water partition coefficient (Wildman–Crippen LogP) is 7.28. The number of piperidine rings is 1. The number of hydrogen-bond donors (Lipinski definition) is 0. The van der Waals surface area contributed by atoms with Crippen LogP contribution < -0.4 is 0 Å². The maximum Gasteiger partial charge on any atom is 0.243 e. The number of aryl methyl sites for hydroxylation is 3. The smallest absolute Gasteiger partial charge is 0.243 e. The van der Waals surface area contributed by atoms with Gasteiger partial charge in [-0.05, 0) is 93.0 Å². The Morgan fingerprint density at radius 3 is 2.30 bits per heavy atom. The number of fused-ring (bicyclic) bond motifs is 1. The van der Waals surface area contributed by atoms with Crippen LogP contribution in [-0.2, 0) is 16.6 Å². The van der Waals surface area contributed by atoms with Gasteiger partial charge in [-0.1, -0.05) is 41.9 Å². The van der Waals surface area contributed by atoms with Crippen LogP contribution in [-0.4, -0.2) is 30.4 Å². The Bertz CT molecular complexity index is 1580. The van der Waals surface area contributed by atoms with Crippen LogP contribution in [0.5, 0.6) is 0 Å². The van der Waals surface area contributed by atoms with Crippen molar-refractivity contribution in [1.82, 2.24) is 8.87 Å². The minimum Gasteiger partial charge on any atom is -0.340 e. The van der Waals surface area contributed by atoms with Gasteiger partial charge in [0, 0.05) is 40.3 Å². The molecule has 3 aromatic carbocycles. The summed E-state index contributed by atoms with van der Waals surface area (Å²) in [6.07, 6.45) is 1.47. The second-order valence-corrected chi connectivity index (χ2v) is 12.5. The molecule has 1 aliphatic rings. The topological polar surface area (TPSA) is 42.3 Å². The van der Waals surface area contributed by atoms with Gasteiger partial charge >= 0.3 is 0 Å². The monoisotopic (exact) mass is 538 g/mol. The summed E-state index contributed by atoms with van der Waals surface area (Å²) in [5.41, 5.74) is 6.68. The molecule has 0 saturated carbocycles. The maximum atomic E-state index is 14.6. The lowest BCUT2D eigenvalue weighted by Crippen LogP contribution is -2.38. The lowest BCUT2D eigenvalue weighted by Gasteiger charge is -2.32. The number of benzene rings is 3. The van der Waals surface area contributed by atoms with Crippen molar-refractivity contribution < 1.29 is 12.8 Å². The van der Waals surface area contributed by atoms with Crippen molar-refractivity contribution in [3.63, 3.8) is 0 Å². The highest BCUT2D eigenvalue weighted by molar-refractivity contribution is 7.89. The molecule has 1 aliphatic heterocycles. The largest absolute Gasteiger partial charge is 0.340 e. The second-order valence-electron chi connectivity index (χ2n) is 10.2. The molecule has 1 aromatic heterocycles. The van der Waals surface area contributed by atoms with Gasteiger partial charge in [0.05, 0.1) is 11.4 Å². The molecule has 0 unspecified atom stereocenters. The lowest BCUT2D eigenvalue weighted by molar-refractivity contribution is 0.319. The molecule has 0 N–H and O–H groups in total. The molecule has 0 spiro atoms. The normalized spacial score (nSPS) is 15.5. The van der Waals surface area contributed by atoms with Crippen molar-refractivity contribution in [3.05, 3.63) is 98.9 Å². The molecule has 7 heteroatoms. The van der Waals surface area contributed by atoms with Crippen LogP contribution in [0.1, 0.15) is 52.3 Å². The van der Waals surface area contributed by atoms with E-state index in [1.807, 2.05) is 39.0 Å². The Morgan fingerprint density at radius 1 is 0.919 bits per heavy atom. The number of aromatic nitrogens is 1. The Kier molecular flexibility index (Phi) is 6.94. The van der Waals surface area contributed by atoms with Crippen molar-refractivity contribution in [2.45, 2.75) is 57.9 Å². The summed E-state index contributed by atoms with van der Waals surface area (Å²) in [4.78, 5) is 0.406. The van der Waals surface area contributed by atoms with Crippen LogP contribution in [0.3, 0.4) is 0 Å². The highest BCUT2D eigenvalue weighted by Crippen LogP contribution is 2.39. The summed E-state index contributed by atoms with van der Waals surface area (Å²) >= 11 is 6.36. The van der Waals surface area contributed by atoms with Gasteiger partial charge in [-0.2, -0.15) is 4.31 Å². The molecule has 194 valence electrons. The van der Waals surface area contributed by atoms with E-state index in [0.717, 1.165) is 46.1 Å². The van der Waals surface area contributed by atoms with Gasteiger partial charge in [-0.25, -0.2) is 12.8 Å². The average Bonchev–Trinajstić information content (AvgIpc) is 3.14. The first-order chi connectivity index (χ1) is 17.6. The first-order valence-corrected chi connectivity index (χ1v) is 14.5. The van der Waals surface area contributed by atoms with Crippen molar-refractivity contribution in [3.8, 4) is 0 Å². The SMILES string of the molecule is Cc1cc(C)c(S(=O)(=O)N2CCC(c3c(C)n(Cc4c(F)cccc4Cl)c4ccccc34)CC2)cc1C. The van der Waals surface area contributed by atoms with Crippen LogP contribution in [0, 0.1) is 33.5 Å². The molecule has 1 fully saturated rings. The molecule has 37 heavy (non-hydrogen) atoms. The molecule has 5 rings (SSSR count). The first-order valence-electron chi connectivity index (χ1n) is 12.7. The standard InChI is InChI=1S/C30H32ClFN2O2S/c1-19-16-21(3)29(17-20(19)2)37(35,36)33-14-12-23(13-15-33)30-22(4)34(28-11-6-5-8-24(28)30)18-25-26(31)9-7-10-27(25)32/h5-11,16-17,23H,12-15,18H2,1-4H3. The molecule has 4 aromatic rings. The highest BCUT2D eigenvalue weighted by Gasteiger charge is 2.33. The molecule has 0 atom stereocenters. The molecule has 0 bridgehead atoms. The number of rotatable bonds is 5. The van der Waals surface area contributed by atoms with Crippen LogP contribution in [0.15, 0.2) is 59.5 Å². The summed E-state index contributed by atoms with van der Waals surface area (Å²) in [7, 11) is -3.56. The van der Waals surface area contributed by atoms with E-state index in [0.29, 0.717) is 35.1 Å². The van der Waals surface area contributed by atoms with E-state index < -0.39 is 10.0 Å². The fourth-order valence-corrected chi connectivity index (χ4v) is 7.74. The predicted molar refractivity (Wildman–Crippen MR) is 149 cm³/mol. The Balaban J connectivity index is 1.45. The minimum atomic E-state index is -3.56. The molecule has 1 saturated heterocycles. The molecule has 0 amide bonds. The summed E-state index contributed by atoms with van der Waals surface area (Å²) in [6, 6.07) is 16.7. The third-order valence-corrected chi connectivity index (χ3v) is 10.3. The highest BCUT2D eigenvalue weighted by atomic mass is 35.5. The molecule has 0 aliphatic carbocycles. The van der Waals surface area contributed by atoms with Crippen molar-refractivity contribution in [2.24, 2.45) is 0 Å². The molecule has 4 nitrogen and oxygen atoms in total. The van der Waals surface area contributed by atoms with E-state index in [9.17, 15) is 12.8 Å². The summed E-state index contributed by atoms with van der Waals surface area (Å²) in [6.45, 7) is 9.18. The van der Waals surface area contributed by atoms with Crippen molar-refractivity contribution in [2.75, 3.05) is 13.1 Å². The van der Waals surface area contributed by atoms with E-state index in [2.05, 4.69) is 23.6 Å². The third-order valence-electron chi connectivity index (χ3n) is 7.93. The van der Waals surface area contributed by atoms with Crippen molar-refractivity contribution in [1.29, 1.82) is 0 Å². The zero-order valence-electron chi connectivity index (χ0n) is 21.7. The zero-order valence-corrected chi connectivity index (χ0v) is 23.3. The third kappa shape index (κ3) is 4.60. The van der Waals surface area contributed by atoms with Crippen LogP contribution in [0.2, 0.25) is 5.02 Å². The van der Waals surface area contributed by atoms with E-state index in [4.69, 9.17) is 11.6 Å². The fourth-order valence-electron chi connectivity index (χ4n) is 5.75. The number of halogens is 2. The quantitative estimate of drug-likeness (QED) is 0.268. The average molecular weight is 539 g/mol. The lowest BCUT2D eigenvalue weighted by atomic mass is 9.88. The van der Waals surface area contributed by atoms with Crippen molar-refractivity contribution >= 4 is 32.5 Å². The van der Waals surface area contributed by atoms with E-state index >= 15 is 0 Å². The van der Waals surface area contributed by atoms with Gasteiger partial charge in [0.25, 0.3) is 0 Å². The van der Waals surface area contributed by atoms with Gasteiger partial charge in [0.1, 0.15) is 5.82 Å². The van der Waals surface area contributed by atoms with Gasteiger partial charge < -0.3 is 4.57 Å². The summed E-state index contributed by atoms with van der Waals surface area (Å²) in [5, 5.41) is 1.55. The zero-order chi connectivity index (χ0) is 26.5.